The Kier molecular flexibility index (Phi) is 13.4. The molecular weight excluding hydrogens is 424 g/mol. The zero-order chi connectivity index (χ0) is 24.3. The van der Waals surface area contributed by atoms with E-state index in [0.29, 0.717) is 12.2 Å². The molecule has 0 radical (unpaired) electrons. The van der Waals surface area contributed by atoms with Gasteiger partial charge in [0.2, 0.25) is 17.7 Å². The number of carboxylic acids is 1. The van der Waals surface area contributed by atoms with Gasteiger partial charge in [-0.05, 0) is 43.6 Å². The lowest BCUT2D eigenvalue weighted by molar-refractivity contribution is -0.142. The number of hydrogen-bond donors (Lipinski definition) is 6. The molecule has 11 heteroatoms. The molecule has 0 saturated heterocycles. The second-order valence-electron chi connectivity index (χ2n) is 8.37. The van der Waals surface area contributed by atoms with Gasteiger partial charge in [-0.15, -0.1) is 0 Å². The number of nitrogens with two attached hydrogens (primary N) is 1. The van der Waals surface area contributed by atoms with E-state index >= 15 is 0 Å². The van der Waals surface area contributed by atoms with Gasteiger partial charge in [0.1, 0.15) is 24.2 Å². The number of aliphatic carboxylic acids is 1. The van der Waals surface area contributed by atoms with Gasteiger partial charge < -0.3 is 31.9 Å². The van der Waals surface area contributed by atoms with E-state index in [0.717, 1.165) is 0 Å². The SMILES string of the molecule is CSCCC(NC(=O)C(CC(C)C)NC(=O)C(NC(=O)C(N)C(C)O)C(C)C)C(=O)O. The fourth-order valence-electron chi connectivity index (χ4n) is 2.73. The highest BCUT2D eigenvalue weighted by molar-refractivity contribution is 7.98. The fourth-order valence-corrected chi connectivity index (χ4v) is 3.20. The summed E-state index contributed by atoms with van der Waals surface area (Å²) in [5.74, 6) is -2.72. The normalized spacial score (nSPS) is 16.2. The summed E-state index contributed by atoms with van der Waals surface area (Å²) in [7, 11) is 0. The van der Waals surface area contributed by atoms with Gasteiger partial charge in [-0.25, -0.2) is 4.79 Å². The highest BCUT2D eigenvalue weighted by Gasteiger charge is 2.32. The third kappa shape index (κ3) is 10.8. The first-order valence-corrected chi connectivity index (χ1v) is 11.8. The van der Waals surface area contributed by atoms with E-state index in [1.165, 1.54) is 18.7 Å². The third-order valence-electron chi connectivity index (χ3n) is 4.63. The maximum Gasteiger partial charge on any atom is 0.326 e. The van der Waals surface area contributed by atoms with Gasteiger partial charge in [0.25, 0.3) is 0 Å². The van der Waals surface area contributed by atoms with E-state index in [-0.39, 0.29) is 18.3 Å². The number of carbonyl (C=O) groups is 4. The van der Waals surface area contributed by atoms with E-state index < -0.39 is 54.0 Å². The van der Waals surface area contributed by atoms with E-state index in [1.54, 1.807) is 13.8 Å². The molecule has 31 heavy (non-hydrogen) atoms. The second-order valence-corrected chi connectivity index (χ2v) is 9.35. The lowest BCUT2D eigenvalue weighted by Crippen LogP contribution is -2.59. The van der Waals surface area contributed by atoms with Crippen LogP contribution in [0.1, 0.15) is 47.5 Å². The van der Waals surface area contributed by atoms with E-state index in [2.05, 4.69) is 16.0 Å². The zero-order valence-electron chi connectivity index (χ0n) is 19.2. The number of carboxylic acid groups (broad SMARTS) is 1. The third-order valence-corrected chi connectivity index (χ3v) is 5.28. The van der Waals surface area contributed by atoms with E-state index in [1.807, 2.05) is 20.1 Å². The van der Waals surface area contributed by atoms with Crippen molar-refractivity contribution in [1.29, 1.82) is 0 Å². The average molecular weight is 463 g/mol. The van der Waals surface area contributed by atoms with Crippen molar-refractivity contribution in [3.05, 3.63) is 0 Å². The smallest absolute Gasteiger partial charge is 0.326 e. The Hall–Kier alpha value is -1.85. The van der Waals surface area contributed by atoms with Gasteiger partial charge in [-0.1, -0.05) is 27.7 Å². The van der Waals surface area contributed by atoms with E-state index in [4.69, 9.17) is 5.73 Å². The minimum atomic E-state index is -1.20. The Morgan fingerprint density at radius 1 is 0.903 bits per heavy atom. The maximum atomic E-state index is 12.9. The van der Waals surface area contributed by atoms with Crippen LogP contribution in [0, 0.1) is 11.8 Å². The van der Waals surface area contributed by atoms with Crippen LogP contribution in [0.25, 0.3) is 0 Å². The van der Waals surface area contributed by atoms with Gasteiger partial charge in [0.15, 0.2) is 0 Å². The number of rotatable bonds is 14. The summed E-state index contributed by atoms with van der Waals surface area (Å²) >= 11 is 1.47. The monoisotopic (exact) mass is 462 g/mol. The molecule has 0 fully saturated rings. The number of amides is 3. The van der Waals surface area contributed by atoms with Gasteiger partial charge in [0, 0.05) is 0 Å². The lowest BCUT2D eigenvalue weighted by Gasteiger charge is -2.28. The molecule has 0 aromatic rings. The van der Waals surface area contributed by atoms with Crippen molar-refractivity contribution in [3.63, 3.8) is 0 Å². The molecule has 3 amide bonds. The summed E-state index contributed by atoms with van der Waals surface area (Å²) < 4.78 is 0. The van der Waals surface area contributed by atoms with Crippen molar-refractivity contribution in [2.45, 2.75) is 77.7 Å². The standard InChI is InChI=1S/C20H38N4O6S/c1-10(2)9-14(17(26)22-13(20(29)30)7-8-31-6)23-19(28)16(11(3)4)24-18(27)15(21)12(5)25/h10-16,25H,7-9,21H2,1-6H3,(H,22,26)(H,23,28)(H,24,27)(H,29,30). The number of hydrogen-bond acceptors (Lipinski definition) is 7. The summed E-state index contributed by atoms with van der Waals surface area (Å²) in [4.78, 5) is 49.3. The number of nitrogens with one attached hydrogen (secondary N) is 3. The zero-order valence-corrected chi connectivity index (χ0v) is 20.0. The molecule has 0 bridgehead atoms. The van der Waals surface area contributed by atoms with Crippen LogP contribution in [0.2, 0.25) is 0 Å². The van der Waals surface area contributed by atoms with Gasteiger partial charge in [-0.2, -0.15) is 11.8 Å². The minimum absolute atomic E-state index is 0.0428. The van der Waals surface area contributed by atoms with Crippen molar-refractivity contribution < 1.29 is 29.4 Å². The molecule has 0 saturated carbocycles. The quantitative estimate of drug-likeness (QED) is 0.204. The van der Waals surface area contributed by atoms with Crippen molar-refractivity contribution in [1.82, 2.24) is 16.0 Å². The fraction of sp³-hybridized carbons (Fsp3) is 0.800. The van der Waals surface area contributed by atoms with Crippen LogP contribution in [-0.2, 0) is 19.2 Å². The van der Waals surface area contributed by atoms with Crippen LogP contribution in [0.15, 0.2) is 0 Å². The molecule has 10 nitrogen and oxygen atoms in total. The molecule has 0 rings (SSSR count). The molecule has 0 spiro atoms. The molecule has 0 aliphatic rings. The lowest BCUT2D eigenvalue weighted by atomic mass is 9.99. The predicted octanol–water partition coefficient (Wildman–Crippen LogP) is -0.311. The van der Waals surface area contributed by atoms with Gasteiger partial charge in [-0.3, -0.25) is 14.4 Å². The summed E-state index contributed by atoms with van der Waals surface area (Å²) in [5.41, 5.74) is 5.63. The van der Waals surface area contributed by atoms with Crippen molar-refractivity contribution >= 4 is 35.5 Å². The molecule has 0 heterocycles. The average Bonchev–Trinajstić information content (AvgIpc) is 2.66. The molecule has 0 aliphatic carbocycles. The highest BCUT2D eigenvalue weighted by atomic mass is 32.2. The number of thioether (sulfide) groups is 1. The molecule has 0 aromatic heterocycles. The molecule has 0 aromatic carbocycles. The topological polar surface area (TPSA) is 171 Å². The Morgan fingerprint density at radius 3 is 1.87 bits per heavy atom. The largest absolute Gasteiger partial charge is 0.480 e. The van der Waals surface area contributed by atoms with Crippen molar-refractivity contribution in [2.24, 2.45) is 17.6 Å². The number of aliphatic hydroxyl groups is 1. The summed E-state index contributed by atoms with van der Waals surface area (Å²) in [6.45, 7) is 8.56. The Bertz CT molecular complexity index is 614. The van der Waals surface area contributed by atoms with Crippen LogP contribution < -0.4 is 21.7 Å². The summed E-state index contributed by atoms with van der Waals surface area (Å²) in [5, 5.41) is 26.5. The molecule has 180 valence electrons. The highest BCUT2D eigenvalue weighted by Crippen LogP contribution is 2.10. The van der Waals surface area contributed by atoms with Crippen molar-refractivity contribution in [2.75, 3.05) is 12.0 Å². The van der Waals surface area contributed by atoms with Crippen LogP contribution in [0.5, 0.6) is 0 Å². The molecule has 0 aliphatic heterocycles. The first-order valence-electron chi connectivity index (χ1n) is 10.4. The van der Waals surface area contributed by atoms with Crippen molar-refractivity contribution in [3.8, 4) is 0 Å². The van der Waals surface area contributed by atoms with Gasteiger partial charge in [0.05, 0.1) is 6.10 Å². The summed E-state index contributed by atoms with van der Waals surface area (Å²) in [6.07, 6.45) is 1.29. The maximum absolute atomic E-state index is 12.9. The molecular formula is C20H38N4O6S. The summed E-state index contributed by atoms with van der Waals surface area (Å²) in [6, 6.07) is -4.20. The number of carbonyl (C=O) groups excluding carboxylic acids is 3. The second kappa shape index (κ2) is 14.3. The predicted molar refractivity (Wildman–Crippen MR) is 120 cm³/mol. The first kappa shape index (κ1) is 29.1. The molecule has 7 N–H and O–H groups in total. The first-order chi connectivity index (χ1) is 14.3. The Labute approximate surface area is 188 Å². The van der Waals surface area contributed by atoms with Crippen LogP contribution in [0.3, 0.4) is 0 Å². The van der Waals surface area contributed by atoms with Crippen LogP contribution in [0.4, 0.5) is 0 Å². The molecule has 5 unspecified atom stereocenters. The Morgan fingerprint density at radius 2 is 1.45 bits per heavy atom. The number of aliphatic hydroxyl groups excluding tert-OH is 1. The minimum Gasteiger partial charge on any atom is -0.480 e. The van der Waals surface area contributed by atoms with Crippen LogP contribution >= 0.6 is 11.8 Å². The van der Waals surface area contributed by atoms with E-state index in [9.17, 15) is 29.4 Å². The molecule has 5 atom stereocenters. The van der Waals surface area contributed by atoms with Gasteiger partial charge >= 0.3 is 5.97 Å². The van der Waals surface area contributed by atoms with Crippen LogP contribution in [-0.4, -0.2) is 76.2 Å². The Balaban J connectivity index is 5.40.